The van der Waals surface area contributed by atoms with Gasteiger partial charge in [0, 0.05) is 6.04 Å². The van der Waals surface area contributed by atoms with Crippen molar-refractivity contribution in [3.8, 4) is 0 Å². The van der Waals surface area contributed by atoms with Crippen LogP contribution in [0.5, 0.6) is 0 Å². The first-order chi connectivity index (χ1) is 10.1. The van der Waals surface area contributed by atoms with E-state index in [1.165, 1.54) is 17.8 Å². The molecule has 0 amide bonds. The third kappa shape index (κ3) is 2.72. The number of carboxylic acids is 1. The highest BCUT2D eigenvalue weighted by Gasteiger charge is 2.28. The van der Waals surface area contributed by atoms with Crippen LogP contribution in [0, 0.1) is 5.92 Å². The molecular formula is C14H16N2O3S2. The van der Waals surface area contributed by atoms with Gasteiger partial charge in [0.25, 0.3) is 5.56 Å². The number of nitrogens with zero attached hydrogens (tertiary/aromatic N) is 2. The summed E-state index contributed by atoms with van der Waals surface area (Å²) in [5, 5.41) is 11.9. The van der Waals surface area contributed by atoms with Crippen molar-refractivity contribution in [2.24, 2.45) is 5.92 Å². The van der Waals surface area contributed by atoms with Crippen molar-refractivity contribution in [3.63, 3.8) is 0 Å². The largest absolute Gasteiger partial charge is 0.481 e. The predicted molar refractivity (Wildman–Crippen MR) is 84.3 cm³/mol. The zero-order valence-electron chi connectivity index (χ0n) is 11.6. The zero-order chi connectivity index (χ0) is 15.0. The van der Waals surface area contributed by atoms with Crippen LogP contribution in [0.3, 0.4) is 0 Å². The molecule has 0 bridgehead atoms. The van der Waals surface area contributed by atoms with E-state index in [9.17, 15) is 9.59 Å². The van der Waals surface area contributed by atoms with Crippen LogP contribution in [0.2, 0.25) is 0 Å². The van der Waals surface area contributed by atoms with Crippen LogP contribution in [0.25, 0.3) is 10.2 Å². The molecule has 0 spiro atoms. The lowest BCUT2D eigenvalue weighted by atomic mass is 9.80. The molecular weight excluding hydrogens is 308 g/mol. The Kier molecular flexibility index (Phi) is 4.03. The quantitative estimate of drug-likeness (QED) is 0.676. The average molecular weight is 324 g/mol. The summed E-state index contributed by atoms with van der Waals surface area (Å²) in [7, 11) is 0. The Balaban J connectivity index is 2.08. The highest BCUT2D eigenvalue weighted by molar-refractivity contribution is 7.99. The van der Waals surface area contributed by atoms with E-state index in [4.69, 9.17) is 5.11 Å². The van der Waals surface area contributed by atoms with Gasteiger partial charge < -0.3 is 5.11 Å². The van der Waals surface area contributed by atoms with E-state index in [1.54, 1.807) is 10.6 Å². The van der Waals surface area contributed by atoms with Crippen LogP contribution in [0.1, 0.15) is 32.2 Å². The summed E-state index contributed by atoms with van der Waals surface area (Å²) in [5.74, 6) is -0.492. The van der Waals surface area contributed by atoms with Gasteiger partial charge in [0.2, 0.25) is 0 Å². The summed E-state index contributed by atoms with van der Waals surface area (Å²) >= 11 is 2.54. The number of carbonyl (C=O) groups is 1. The number of hydrogen-bond donors (Lipinski definition) is 1. The Hall–Kier alpha value is -1.34. The second kappa shape index (κ2) is 5.81. The van der Waals surface area contributed by atoms with E-state index < -0.39 is 5.97 Å². The number of thiophene rings is 1. The highest BCUT2D eigenvalue weighted by Crippen LogP contribution is 2.37. The van der Waals surface area contributed by atoms with Crippen LogP contribution in [-0.4, -0.2) is 26.4 Å². The molecule has 0 aliphatic heterocycles. The Morgan fingerprint density at radius 3 is 3.00 bits per heavy atom. The summed E-state index contributed by atoms with van der Waals surface area (Å²) in [4.78, 5) is 28.7. The van der Waals surface area contributed by atoms with Crippen LogP contribution < -0.4 is 5.56 Å². The van der Waals surface area contributed by atoms with Gasteiger partial charge in [-0.3, -0.25) is 14.2 Å². The molecule has 1 atom stereocenters. The molecule has 1 fully saturated rings. The number of fused-ring (bicyclic) bond motifs is 1. The predicted octanol–water partition coefficient (Wildman–Crippen LogP) is 3.00. The SMILES string of the molecule is CC(C1CCC1)n1c(SCC(=O)O)nc2sccc2c1=O. The summed E-state index contributed by atoms with van der Waals surface area (Å²) in [6.45, 7) is 2.04. The Morgan fingerprint density at radius 1 is 1.62 bits per heavy atom. The fraction of sp³-hybridized carbons (Fsp3) is 0.500. The van der Waals surface area contributed by atoms with Crippen molar-refractivity contribution in [1.82, 2.24) is 9.55 Å². The maximum atomic E-state index is 12.7. The number of aliphatic carboxylic acids is 1. The van der Waals surface area contributed by atoms with Crippen LogP contribution in [0.4, 0.5) is 0 Å². The summed E-state index contributed by atoms with van der Waals surface area (Å²) < 4.78 is 1.70. The molecule has 1 unspecified atom stereocenters. The summed E-state index contributed by atoms with van der Waals surface area (Å²) in [6, 6.07) is 1.87. The number of aromatic nitrogens is 2. The number of hydrogen-bond acceptors (Lipinski definition) is 5. The van der Waals surface area contributed by atoms with Gasteiger partial charge in [0.15, 0.2) is 5.16 Å². The minimum atomic E-state index is -0.900. The molecule has 21 heavy (non-hydrogen) atoms. The third-order valence-electron chi connectivity index (χ3n) is 4.06. The maximum Gasteiger partial charge on any atom is 0.313 e. The molecule has 0 saturated heterocycles. The monoisotopic (exact) mass is 324 g/mol. The molecule has 0 radical (unpaired) electrons. The lowest BCUT2D eigenvalue weighted by Gasteiger charge is -2.33. The van der Waals surface area contributed by atoms with Crippen LogP contribution in [0.15, 0.2) is 21.4 Å². The standard InChI is InChI=1S/C14H16N2O3S2/c1-8(9-3-2-4-9)16-13(19)10-5-6-20-12(10)15-14(16)21-7-11(17)18/h5-6,8-9H,2-4,7H2,1H3,(H,17,18). The van der Waals surface area contributed by atoms with E-state index in [1.807, 2.05) is 12.3 Å². The first kappa shape index (κ1) is 14.6. The van der Waals surface area contributed by atoms with E-state index in [0.29, 0.717) is 21.3 Å². The van der Waals surface area contributed by atoms with Crippen molar-refractivity contribution in [2.75, 3.05) is 5.75 Å². The third-order valence-corrected chi connectivity index (χ3v) is 5.81. The molecule has 2 aromatic heterocycles. The normalized spacial score (nSPS) is 16.8. The number of thioether (sulfide) groups is 1. The first-order valence-electron chi connectivity index (χ1n) is 6.92. The molecule has 2 aromatic rings. The Labute approximate surface area is 130 Å². The van der Waals surface area contributed by atoms with Gasteiger partial charge in [-0.15, -0.1) is 11.3 Å². The molecule has 1 aliphatic carbocycles. The van der Waals surface area contributed by atoms with E-state index in [-0.39, 0.29) is 17.4 Å². The van der Waals surface area contributed by atoms with Gasteiger partial charge in [-0.2, -0.15) is 0 Å². The second-order valence-electron chi connectivity index (χ2n) is 5.32. The van der Waals surface area contributed by atoms with Crippen LogP contribution in [-0.2, 0) is 4.79 Å². The van der Waals surface area contributed by atoms with Crippen molar-refractivity contribution in [3.05, 3.63) is 21.8 Å². The lowest BCUT2D eigenvalue weighted by molar-refractivity contribution is -0.133. The van der Waals surface area contributed by atoms with Gasteiger partial charge in [0.05, 0.1) is 11.1 Å². The second-order valence-corrected chi connectivity index (χ2v) is 7.16. The number of rotatable bonds is 5. The fourth-order valence-corrected chi connectivity index (χ4v) is 4.24. The molecule has 7 heteroatoms. The van der Waals surface area contributed by atoms with Gasteiger partial charge in [-0.1, -0.05) is 18.2 Å². The average Bonchev–Trinajstić information content (AvgIpc) is 2.82. The highest BCUT2D eigenvalue weighted by atomic mass is 32.2. The summed E-state index contributed by atoms with van der Waals surface area (Å²) in [6.07, 6.45) is 3.45. The van der Waals surface area contributed by atoms with E-state index in [0.717, 1.165) is 24.6 Å². The first-order valence-corrected chi connectivity index (χ1v) is 8.79. The molecule has 2 heterocycles. The summed E-state index contributed by atoms with van der Waals surface area (Å²) in [5.41, 5.74) is -0.0476. The van der Waals surface area contributed by atoms with Crippen LogP contribution >= 0.6 is 23.1 Å². The Bertz CT molecular complexity index is 733. The Morgan fingerprint density at radius 2 is 2.38 bits per heavy atom. The van der Waals surface area contributed by atoms with Gasteiger partial charge in [0.1, 0.15) is 4.83 Å². The molecule has 5 nitrogen and oxygen atoms in total. The smallest absolute Gasteiger partial charge is 0.313 e. The zero-order valence-corrected chi connectivity index (χ0v) is 13.2. The molecule has 112 valence electrons. The minimum absolute atomic E-state index is 0.0476. The molecule has 1 N–H and O–H groups in total. The van der Waals surface area contributed by atoms with E-state index in [2.05, 4.69) is 4.98 Å². The van der Waals surface area contributed by atoms with Crippen molar-refractivity contribution < 1.29 is 9.90 Å². The van der Waals surface area contributed by atoms with Gasteiger partial charge >= 0.3 is 5.97 Å². The molecule has 3 rings (SSSR count). The number of carboxylic acid groups (broad SMARTS) is 1. The van der Waals surface area contributed by atoms with E-state index >= 15 is 0 Å². The van der Waals surface area contributed by atoms with Crippen molar-refractivity contribution in [1.29, 1.82) is 0 Å². The van der Waals surface area contributed by atoms with Gasteiger partial charge in [-0.25, -0.2) is 4.98 Å². The lowest BCUT2D eigenvalue weighted by Crippen LogP contribution is -2.32. The van der Waals surface area contributed by atoms with Gasteiger partial charge in [-0.05, 0) is 37.1 Å². The van der Waals surface area contributed by atoms with Crippen molar-refractivity contribution in [2.45, 2.75) is 37.4 Å². The molecule has 0 aromatic carbocycles. The topological polar surface area (TPSA) is 72.2 Å². The van der Waals surface area contributed by atoms with Crippen molar-refractivity contribution >= 4 is 39.3 Å². The molecule has 1 saturated carbocycles. The molecule has 1 aliphatic rings. The fourth-order valence-electron chi connectivity index (χ4n) is 2.63. The minimum Gasteiger partial charge on any atom is -0.481 e. The maximum absolute atomic E-state index is 12.7.